The Bertz CT molecular complexity index is 927. The monoisotopic (exact) mass is 406 g/mol. The minimum atomic E-state index is -0.532. The highest BCUT2D eigenvalue weighted by Gasteiger charge is 2.30. The summed E-state index contributed by atoms with van der Waals surface area (Å²) in [6.45, 7) is 10.6. The third-order valence-corrected chi connectivity index (χ3v) is 5.26. The molecule has 0 radical (unpaired) electrons. The van der Waals surface area contributed by atoms with Crippen molar-refractivity contribution in [3.05, 3.63) is 71.9 Å². The number of allylic oxidation sites excluding steroid dienone is 1. The van der Waals surface area contributed by atoms with Crippen LogP contribution in [0.25, 0.3) is 5.57 Å². The molecule has 0 saturated heterocycles. The van der Waals surface area contributed by atoms with Crippen molar-refractivity contribution in [3.63, 3.8) is 0 Å². The summed E-state index contributed by atoms with van der Waals surface area (Å²) in [6.07, 6.45) is 1.57. The van der Waals surface area contributed by atoms with E-state index in [0.717, 1.165) is 16.8 Å². The maximum atomic E-state index is 12.6. The van der Waals surface area contributed by atoms with Crippen molar-refractivity contribution in [2.75, 3.05) is 11.9 Å². The van der Waals surface area contributed by atoms with Gasteiger partial charge in [0.25, 0.3) is 5.91 Å². The van der Waals surface area contributed by atoms with E-state index in [1.165, 1.54) is 0 Å². The maximum absolute atomic E-state index is 12.6. The first kappa shape index (κ1) is 21.6. The molecule has 30 heavy (non-hydrogen) atoms. The molecule has 0 fully saturated rings. The number of hydrogen-bond donors (Lipinski definition) is 1. The highest BCUT2D eigenvalue weighted by Crippen LogP contribution is 2.35. The molecule has 2 aromatic carbocycles. The molecule has 2 aromatic rings. The molecule has 0 aromatic heterocycles. The summed E-state index contributed by atoms with van der Waals surface area (Å²) in [5.41, 5.74) is 2.93. The van der Waals surface area contributed by atoms with Gasteiger partial charge in [0, 0.05) is 24.0 Å². The number of nitrogens with zero attached hydrogens (tertiary/aromatic N) is 1. The molecule has 0 saturated carbocycles. The zero-order valence-corrected chi connectivity index (χ0v) is 18.3. The summed E-state index contributed by atoms with van der Waals surface area (Å²) >= 11 is 0. The van der Waals surface area contributed by atoms with Crippen LogP contribution in [0.3, 0.4) is 0 Å². The number of benzene rings is 2. The number of amides is 2. The van der Waals surface area contributed by atoms with Crippen molar-refractivity contribution in [2.24, 2.45) is 11.8 Å². The summed E-state index contributed by atoms with van der Waals surface area (Å²) in [5, 5.41) is 2.92. The molecule has 1 aliphatic rings. The predicted molar refractivity (Wildman–Crippen MR) is 120 cm³/mol. The molecule has 1 N–H and O–H groups in total. The van der Waals surface area contributed by atoms with Crippen LogP contribution in [0.2, 0.25) is 0 Å². The van der Waals surface area contributed by atoms with E-state index in [9.17, 15) is 9.59 Å². The predicted octanol–water partition coefficient (Wildman–Crippen LogP) is 5.80. The van der Waals surface area contributed by atoms with Crippen LogP contribution in [0.1, 0.15) is 50.5 Å². The van der Waals surface area contributed by atoms with Gasteiger partial charge in [-0.15, -0.1) is 0 Å². The zero-order valence-electron chi connectivity index (χ0n) is 18.3. The number of carbonyl (C=O) groups is 2. The molecule has 1 heterocycles. The molecule has 1 aliphatic heterocycles. The molecule has 0 unspecified atom stereocenters. The summed E-state index contributed by atoms with van der Waals surface area (Å²) in [7, 11) is 0. The SMILES string of the molecule is C[C@@H]1CN(C(=O)OC(C)(C)C)C=C(c2ccc(NC(=O)c3ccccc3)cc2)[C@H]1C. The average molecular weight is 407 g/mol. The maximum Gasteiger partial charge on any atom is 0.414 e. The van der Waals surface area contributed by atoms with Gasteiger partial charge in [0.15, 0.2) is 0 Å². The lowest BCUT2D eigenvalue weighted by Gasteiger charge is -2.35. The number of hydrogen-bond acceptors (Lipinski definition) is 3. The van der Waals surface area contributed by atoms with E-state index in [4.69, 9.17) is 4.74 Å². The van der Waals surface area contributed by atoms with Gasteiger partial charge in [-0.1, -0.05) is 44.2 Å². The van der Waals surface area contributed by atoms with Crippen molar-refractivity contribution in [1.29, 1.82) is 0 Å². The van der Waals surface area contributed by atoms with E-state index in [1.54, 1.807) is 17.0 Å². The van der Waals surface area contributed by atoms with Gasteiger partial charge in [0.1, 0.15) is 5.60 Å². The Kier molecular flexibility index (Phi) is 6.30. The molecule has 0 aliphatic carbocycles. The molecule has 0 bridgehead atoms. The first-order valence-electron chi connectivity index (χ1n) is 10.3. The highest BCUT2D eigenvalue weighted by molar-refractivity contribution is 6.04. The standard InChI is InChI=1S/C25H30N2O3/c1-17-15-27(24(29)30-25(3,4)5)16-22(18(17)2)19-11-13-21(14-12-19)26-23(28)20-9-7-6-8-10-20/h6-14,16-18H,15H2,1-5H3,(H,26,28)/t17-,18+/m1/s1. The Labute approximate surface area is 178 Å². The average Bonchev–Trinajstić information content (AvgIpc) is 2.70. The van der Waals surface area contributed by atoms with Gasteiger partial charge in [-0.2, -0.15) is 0 Å². The second-order valence-corrected chi connectivity index (χ2v) is 8.88. The number of rotatable bonds is 3. The van der Waals surface area contributed by atoms with Crippen LogP contribution >= 0.6 is 0 Å². The first-order valence-corrected chi connectivity index (χ1v) is 10.3. The third-order valence-electron chi connectivity index (χ3n) is 5.26. The molecular weight excluding hydrogens is 376 g/mol. The van der Waals surface area contributed by atoms with Gasteiger partial charge >= 0.3 is 6.09 Å². The fourth-order valence-corrected chi connectivity index (χ4v) is 3.44. The second kappa shape index (κ2) is 8.74. The van der Waals surface area contributed by atoms with Crippen LogP contribution in [-0.4, -0.2) is 29.0 Å². The van der Waals surface area contributed by atoms with Gasteiger partial charge in [0.2, 0.25) is 0 Å². The van der Waals surface area contributed by atoms with Gasteiger partial charge in [-0.3, -0.25) is 9.69 Å². The summed E-state index contributed by atoms with van der Waals surface area (Å²) < 4.78 is 5.54. The Morgan fingerprint density at radius 3 is 2.23 bits per heavy atom. The summed E-state index contributed by atoms with van der Waals surface area (Å²) in [6, 6.07) is 16.9. The highest BCUT2D eigenvalue weighted by atomic mass is 16.6. The van der Waals surface area contributed by atoms with Gasteiger partial charge in [-0.05, 0) is 68.0 Å². The summed E-state index contributed by atoms with van der Waals surface area (Å²) in [4.78, 5) is 26.6. The molecule has 158 valence electrons. The molecular formula is C25H30N2O3. The number of anilines is 1. The van der Waals surface area contributed by atoms with Crippen LogP contribution in [0.5, 0.6) is 0 Å². The Balaban J connectivity index is 1.77. The van der Waals surface area contributed by atoms with Crippen molar-refractivity contribution >= 4 is 23.3 Å². The van der Waals surface area contributed by atoms with Crippen molar-refractivity contribution in [3.8, 4) is 0 Å². The largest absolute Gasteiger partial charge is 0.443 e. The van der Waals surface area contributed by atoms with Crippen LogP contribution in [0, 0.1) is 11.8 Å². The molecule has 5 heteroatoms. The van der Waals surface area contributed by atoms with Gasteiger partial charge in [-0.25, -0.2) is 4.79 Å². The van der Waals surface area contributed by atoms with E-state index < -0.39 is 5.60 Å². The zero-order chi connectivity index (χ0) is 21.9. The Hall–Kier alpha value is -3.08. The third kappa shape index (κ3) is 5.29. The molecule has 0 spiro atoms. The molecule has 3 rings (SSSR count). The van der Waals surface area contributed by atoms with Gasteiger partial charge in [0.05, 0.1) is 0 Å². The van der Waals surface area contributed by atoms with E-state index in [0.29, 0.717) is 23.9 Å². The smallest absolute Gasteiger partial charge is 0.414 e. The van der Waals surface area contributed by atoms with E-state index in [2.05, 4.69) is 19.2 Å². The van der Waals surface area contributed by atoms with E-state index in [-0.39, 0.29) is 12.0 Å². The quantitative estimate of drug-likeness (QED) is 0.700. The van der Waals surface area contributed by atoms with Gasteiger partial charge < -0.3 is 10.1 Å². The lowest BCUT2D eigenvalue weighted by Crippen LogP contribution is -2.40. The topological polar surface area (TPSA) is 58.6 Å². The lowest BCUT2D eigenvalue weighted by molar-refractivity contribution is 0.0297. The minimum Gasteiger partial charge on any atom is -0.443 e. The number of carbonyl (C=O) groups excluding carboxylic acids is 2. The number of ether oxygens (including phenoxy) is 1. The lowest BCUT2D eigenvalue weighted by atomic mass is 9.82. The number of nitrogens with one attached hydrogen (secondary N) is 1. The normalized spacial score (nSPS) is 19.1. The van der Waals surface area contributed by atoms with Crippen LogP contribution in [0.15, 0.2) is 60.8 Å². The van der Waals surface area contributed by atoms with Crippen LogP contribution in [-0.2, 0) is 4.74 Å². The molecule has 2 atom stereocenters. The Morgan fingerprint density at radius 2 is 1.63 bits per heavy atom. The molecule has 2 amide bonds. The fourth-order valence-electron chi connectivity index (χ4n) is 3.44. The van der Waals surface area contributed by atoms with E-state index in [1.807, 2.05) is 69.4 Å². The van der Waals surface area contributed by atoms with Crippen molar-refractivity contribution in [1.82, 2.24) is 4.90 Å². The van der Waals surface area contributed by atoms with Crippen LogP contribution in [0.4, 0.5) is 10.5 Å². The van der Waals surface area contributed by atoms with E-state index >= 15 is 0 Å². The fraction of sp³-hybridized carbons (Fsp3) is 0.360. The van der Waals surface area contributed by atoms with Crippen molar-refractivity contribution < 1.29 is 14.3 Å². The minimum absolute atomic E-state index is 0.140. The molecule has 5 nitrogen and oxygen atoms in total. The van der Waals surface area contributed by atoms with Crippen LogP contribution < -0.4 is 5.32 Å². The van der Waals surface area contributed by atoms with Crippen molar-refractivity contribution in [2.45, 2.75) is 40.2 Å². The summed E-state index contributed by atoms with van der Waals surface area (Å²) in [5.74, 6) is 0.460. The second-order valence-electron chi connectivity index (χ2n) is 8.88. The first-order chi connectivity index (χ1) is 14.1. The Morgan fingerprint density at radius 1 is 1.00 bits per heavy atom.